The predicted octanol–water partition coefficient (Wildman–Crippen LogP) is 4.85. The fourth-order valence-corrected chi connectivity index (χ4v) is 4.71. The van der Waals surface area contributed by atoms with E-state index in [1.165, 1.54) is 32.1 Å². The number of benzene rings is 2. The first-order valence-corrected chi connectivity index (χ1v) is 11.6. The standard InChI is InChI=1S/C26H31NO5/c28-25(29)18-20-10-4-6-12-22(20)31-17-15-24-26(30)27(16-14-19-8-2-1-3-9-19)21-11-5-7-13-23(21)32-24/h4-7,10-13,19,24H,1-3,8-9,14-18H2,(H,28,29). The summed E-state index contributed by atoms with van der Waals surface area (Å²) in [5.41, 5.74) is 1.47. The molecule has 6 nitrogen and oxygen atoms in total. The summed E-state index contributed by atoms with van der Waals surface area (Å²) >= 11 is 0. The van der Waals surface area contributed by atoms with Crippen molar-refractivity contribution in [3.05, 3.63) is 54.1 Å². The third-order valence-electron chi connectivity index (χ3n) is 6.40. The maximum absolute atomic E-state index is 13.3. The molecule has 0 radical (unpaired) electrons. The fourth-order valence-electron chi connectivity index (χ4n) is 4.71. The molecule has 0 saturated heterocycles. The first-order valence-electron chi connectivity index (χ1n) is 11.6. The van der Waals surface area contributed by atoms with E-state index in [4.69, 9.17) is 14.6 Å². The number of anilines is 1. The quantitative estimate of drug-likeness (QED) is 0.607. The van der Waals surface area contributed by atoms with Crippen molar-refractivity contribution in [2.45, 2.75) is 57.5 Å². The minimum absolute atomic E-state index is 0.0260. The molecule has 1 aliphatic carbocycles. The maximum atomic E-state index is 13.3. The van der Waals surface area contributed by atoms with Crippen LogP contribution >= 0.6 is 0 Å². The second kappa shape index (κ2) is 10.5. The summed E-state index contributed by atoms with van der Waals surface area (Å²) in [6.45, 7) is 0.981. The van der Waals surface area contributed by atoms with Crippen LogP contribution < -0.4 is 14.4 Å². The Morgan fingerprint density at radius 3 is 2.59 bits per heavy atom. The average molecular weight is 438 g/mol. The Hall–Kier alpha value is -3.02. The Bertz CT molecular complexity index is 937. The van der Waals surface area contributed by atoms with Crippen molar-refractivity contribution in [3.8, 4) is 11.5 Å². The smallest absolute Gasteiger partial charge is 0.307 e. The molecule has 2 aliphatic rings. The van der Waals surface area contributed by atoms with Gasteiger partial charge in [0.25, 0.3) is 5.91 Å². The van der Waals surface area contributed by atoms with Crippen LogP contribution in [0.15, 0.2) is 48.5 Å². The van der Waals surface area contributed by atoms with Gasteiger partial charge in [-0.3, -0.25) is 9.59 Å². The first-order chi connectivity index (χ1) is 15.6. The summed E-state index contributed by atoms with van der Waals surface area (Å²) in [5.74, 6) is 1.03. The average Bonchev–Trinajstić information content (AvgIpc) is 2.80. The lowest BCUT2D eigenvalue weighted by Gasteiger charge is -2.35. The fraction of sp³-hybridized carbons (Fsp3) is 0.462. The van der Waals surface area contributed by atoms with Gasteiger partial charge in [0.15, 0.2) is 6.10 Å². The lowest BCUT2D eigenvalue weighted by atomic mass is 9.87. The van der Waals surface area contributed by atoms with Gasteiger partial charge in [-0.2, -0.15) is 0 Å². The van der Waals surface area contributed by atoms with Gasteiger partial charge < -0.3 is 19.5 Å². The van der Waals surface area contributed by atoms with E-state index in [2.05, 4.69) is 0 Å². The number of para-hydroxylation sites is 3. The Labute approximate surface area is 189 Å². The molecule has 1 aliphatic heterocycles. The Balaban J connectivity index is 1.40. The van der Waals surface area contributed by atoms with E-state index in [1.807, 2.05) is 35.2 Å². The van der Waals surface area contributed by atoms with Gasteiger partial charge in [0.2, 0.25) is 0 Å². The minimum atomic E-state index is -0.906. The number of ether oxygens (including phenoxy) is 2. The van der Waals surface area contributed by atoms with Crippen LogP contribution in [0.25, 0.3) is 0 Å². The number of carboxylic acid groups (broad SMARTS) is 1. The molecular weight excluding hydrogens is 406 g/mol. The van der Waals surface area contributed by atoms with Crippen molar-refractivity contribution < 1.29 is 24.2 Å². The Morgan fingerprint density at radius 1 is 1.03 bits per heavy atom. The van der Waals surface area contributed by atoms with Crippen molar-refractivity contribution in [3.63, 3.8) is 0 Å². The number of aliphatic carboxylic acids is 1. The monoisotopic (exact) mass is 437 g/mol. The van der Waals surface area contributed by atoms with E-state index in [1.54, 1.807) is 18.2 Å². The molecule has 2 aromatic rings. The van der Waals surface area contributed by atoms with Gasteiger partial charge in [-0.05, 0) is 30.5 Å². The molecule has 1 amide bonds. The van der Waals surface area contributed by atoms with Crippen LogP contribution in [0, 0.1) is 5.92 Å². The number of carbonyl (C=O) groups is 2. The lowest BCUT2D eigenvalue weighted by Crippen LogP contribution is -2.47. The molecule has 1 heterocycles. The zero-order valence-corrected chi connectivity index (χ0v) is 18.4. The van der Waals surface area contributed by atoms with Crippen LogP contribution in [0.2, 0.25) is 0 Å². The third kappa shape index (κ3) is 5.42. The first kappa shape index (κ1) is 22.2. The number of carboxylic acids is 1. The summed E-state index contributed by atoms with van der Waals surface area (Å²) in [6.07, 6.45) is 7.14. The van der Waals surface area contributed by atoms with Crippen LogP contribution in [-0.2, 0) is 16.0 Å². The molecule has 0 aromatic heterocycles. The maximum Gasteiger partial charge on any atom is 0.307 e. The van der Waals surface area contributed by atoms with Crippen LogP contribution in [0.1, 0.15) is 50.5 Å². The number of rotatable bonds is 9. The van der Waals surface area contributed by atoms with E-state index in [9.17, 15) is 9.59 Å². The molecule has 1 N–H and O–H groups in total. The Morgan fingerprint density at radius 2 is 1.78 bits per heavy atom. The van der Waals surface area contributed by atoms with Gasteiger partial charge in [0.05, 0.1) is 18.7 Å². The molecule has 1 fully saturated rings. The van der Waals surface area contributed by atoms with Gasteiger partial charge in [0.1, 0.15) is 11.5 Å². The summed E-state index contributed by atoms with van der Waals surface area (Å²) < 4.78 is 11.9. The van der Waals surface area contributed by atoms with Crippen molar-refractivity contribution in [1.29, 1.82) is 0 Å². The number of nitrogens with zero attached hydrogens (tertiary/aromatic N) is 1. The van der Waals surface area contributed by atoms with E-state index in [0.717, 1.165) is 17.9 Å². The van der Waals surface area contributed by atoms with Gasteiger partial charge in [0, 0.05) is 18.5 Å². The molecule has 32 heavy (non-hydrogen) atoms. The van der Waals surface area contributed by atoms with Crippen LogP contribution in [0.4, 0.5) is 5.69 Å². The molecule has 4 rings (SSSR count). The van der Waals surface area contributed by atoms with Crippen LogP contribution in [0.5, 0.6) is 11.5 Å². The van der Waals surface area contributed by atoms with E-state index in [0.29, 0.717) is 30.2 Å². The van der Waals surface area contributed by atoms with Crippen molar-refractivity contribution >= 4 is 17.6 Å². The van der Waals surface area contributed by atoms with E-state index in [-0.39, 0.29) is 18.9 Å². The van der Waals surface area contributed by atoms with Gasteiger partial charge >= 0.3 is 5.97 Å². The van der Waals surface area contributed by atoms with Crippen molar-refractivity contribution in [2.24, 2.45) is 5.92 Å². The highest BCUT2D eigenvalue weighted by molar-refractivity contribution is 6.00. The molecule has 0 spiro atoms. The van der Waals surface area contributed by atoms with E-state index < -0.39 is 12.1 Å². The second-order valence-electron chi connectivity index (χ2n) is 8.67. The molecular formula is C26H31NO5. The highest BCUT2D eigenvalue weighted by Gasteiger charge is 2.34. The molecule has 2 aromatic carbocycles. The molecule has 1 atom stereocenters. The molecule has 1 unspecified atom stereocenters. The number of carbonyl (C=O) groups excluding carboxylic acids is 1. The van der Waals surface area contributed by atoms with E-state index >= 15 is 0 Å². The van der Waals surface area contributed by atoms with Gasteiger partial charge in [-0.1, -0.05) is 62.4 Å². The summed E-state index contributed by atoms with van der Waals surface area (Å²) in [5, 5.41) is 9.10. The number of hydrogen-bond acceptors (Lipinski definition) is 4. The van der Waals surface area contributed by atoms with Crippen LogP contribution in [0.3, 0.4) is 0 Å². The second-order valence-corrected chi connectivity index (χ2v) is 8.67. The molecule has 1 saturated carbocycles. The summed E-state index contributed by atoms with van der Waals surface area (Å²) in [6, 6.07) is 14.8. The lowest BCUT2D eigenvalue weighted by molar-refractivity contribution is -0.136. The van der Waals surface area contributed by atoms with Gasteiger partial charge in [-0.25, -0.2) is 0 Å². The predicted molar refractivity (Wildman–Crippen MR) is 122 cm³/mol. The zero-order valence-electron chi connectivity index (χ0n) is 18.4. The number of hydrogen-bond donors (Lipinski definition) is 1. The number of amides is 1. The topological polar surface area (TPSA) is 76.1 Å². The summed E-state index contributed by atoms with van der Waals surface area (Å²) in [7, 11) is 0. The van der Waals surface area contributed by atoms with Gasteiger partial charge in [-0.15, -0.1) is 0 Å². The molecule has 0 bridgehead atoms. The normalized spacial score (nSPS) is 18.7. The van der Waals surface area contributed by atoms with Crippen LogP contribution in [-0.4, -0.2) is 36.2 Å². The Kier molecular flexibility index (Phi) is 7.30. The number of fused-ring (bicyclic) bond motifs is 1. The SMILES string of the molecule is O=C(O)Cc1ccccc1OCCC1Oc2ccccc2N(CCC2CCCCC2)C1=O. The summed E-state index contributed by atoms with van der Waals surface area (Å²) in [4.78, 5) is 26.3. The largest absolute Gasteiger partial charge is 0.493 e. The minimum Gasteiger partial charge on any atom is -0.493 e. The third-order valence-corrected chi connectivity index (χ3v) is 6.40. The highest BCUT2D eigenvalue weighted by Crippen LogP contribution is 2.36. The molecule has 170 valence electrons. The molecule has 6 heteroatoms. The zero-order chi connectivity index (χ0) is 22.3. The highest BCUT2D eigenvalue weighted by atomic mass is 16.5. The van der Waals surface area contributed by atoms with Crippen molar-refractivity contribution in [1.82, 2.24) is 0 Å². The van der Waals surface area contributed by atoms with Crippen molar-refractivity contribution in [2.75, 3.05) is 18.1 Å².